The Labute approximate surface area is 70.2 Å². The molecule has 3 heteroatoms. The van der Waals surface area contributed by atoms with Gasteiger partial charge in [-0.05, 0) is 6.07 Å². The fourth-order valence-electron chi connectivity index (χ4n) is 0.863. The molecule has 0 aliphatic heterocycles. The maximum absolute atomic E-state index is 9.24. The van der Waals surface area contributed by atoms with Crippen LogP contribution in [0.4, 0.5) is 0 Å². The molecule has 0 aromatic heterocycles. The molecule has 1 aromatic rings. The van der Waals surface area contributed by atoms with Crippen LogP contribution >= 0.6 is 0 Å². The number of hydrogen-bond donors (Lipinski definition) is 3. The number of aromatic hydroxyl groups is 2. The van der Waals surface area contributed by atoms with E-state index in [0.717, 1.165) is 0 Å². The maximum Gasteiger partial charge on any atom is 0.164 e. The van der Waals surface area contributed by atoms with Crippen LogP contribution in [0.3, 0.4) is 0 Å². The first kappa shape index (κ1) is 8.62. The third-order valence-corrected chi connectivity index (χ3v) is 1.45. The van der Waals surface area contributed by atoms with Crippen LogP contribution in [0.1, 0.15) is 5.56 Å². The van der Waals surface area contributed by atoms with Crippen molar-refractivity contribution in [3.8, 4) is 11.5 Å². The van der Waals surface area contributed by atoms with Crippen molar-refractivity contribution in [3.63, 3.8) is 0 Å². The second kappa shape index (κ2) is 3.78. The second-order valence-electron chi connectivity index (χ2n) is 2.30. The fourth-order valence-corrected chi connectivity index (χ4v) is 0.863. The molecule has 0 spiro atoms. The van der Waals surface area contributed by atoms with Crippen LogP contribution in [0.5, 0.6) is 11.5 Å². The Hall–Kier alpha value is -1.48. The van der Waals surface area contributed by atoms with E-state index in [9.17, 15) is 5.11 Å². The molecule has 0 saturated heterocycles. The minimum atomic E-state index is -0.165. The number of aliphatic hydroxyl groups is 1. The van der Waals surface area contributed by atoms with E-state index < -0.39 is 0 Å². The van der Waals surface area contributed by atoms with E-state index in [-0.39, 0.29) is 18.1 Å². The zero-order chi connectivity index (χ0) is 8.97. The first-order valence-electron chi connectivity index (χ1n) is 3.54. The van der Waals surface area contributed by atoms with Crippen LogP contribution in [0.15, 0.2) is 24.3 Å². The smallest absolute Gasteiger partial charge is 0.164 e. The lowest BCUT2D eigenvalue weighted by Gasteiger charge is -1.99. The summed E-state index contributed by atoms with van der Waals surface area (Å²) >= 11 is 0. The molecule has 0 aliphatic rings. The van der Waals surface area contributed by atoms with Crippen LogP contribution in [0.2, 0.25) is 0 Å². The Morgan fingerprint density at radius 2 is 2.00 bits per heavy atom. The standard InChI is InChI=1S/C9H10O3/c10-6-2-4-7-3-1-5-8(11)9(7)12/h1-5,10-12H,6H2/b4-2+. The van der Waals surface area contributed by atoms with Crippen molar-refractivity contribution in [1.82, 2.24) is 0 Å². The molecule has 64 valence electrons. The molecule has 0 bridgehead atoms. The van der Waals surface area contributed by atoms with Crippen molar-refractivity contribution >= 4 is 6.08 Å². The molecule has 12 heavy (non-hydrogen) atoms. The summed E-state index contributed by atoms with van der Waals surface area (Å²) in [7, 11) is 0. The van der Waals surface area contributed by atoms with E-state index >= 15 is 0 Å². The Morgan fingerprint density at radius 3 is 2.67 bits per heavy atom. The van der Waals surface area contributed by atoms with Crippen molar-refractivity contribution in [2.24, 2.45) is 0 Å². The molecule has 0 radical (unpaired) electrons. The summed E-state index contributed by atoms with van der Waals surface area (Å²) in [5, 5.41) is 26.8. The number of aliphatic hydroxyl groups excluding tert-OH is 1. The molecule has 0 heterocycles. The third kappa shape index (κ3) is 1.77. The van der Waals surface area contributed by atoms with Crippen LogP contribution in [0.25, 0.3) is 6.08 Å². The van der Waals surface area contributed by atoms with Gasteiger partial charge in [0.1, 0.15) is 0 Å². The lowest BCUT2D eigenvalue weighted by atomic mass is 10.2. The van der Waals surface area contributed by atoms with Crippen molar-refractivity contribution in [2.45, 2.75) is 0 Å². The number of rotatable bonds is 2. The summed E-state index contributed by atoms with van der Waals surface area (Å²) in [5.74, 6) is -0.322. The highest BCUT2D eigenvalue weighted by molar-refractivity contribution is 5.61. The molecule has 0 saturated carbocycles. The van der Waals surface area contributed by atoms with Gasteiger partial charge in [0.15, 0.2) is 11.5 Å². The monoisotopic (exact) mass is 166 g/mol. The van der Waals surface area contributed by atoms with Crippen LogP contribution in [-0.4, -0.2) is 21.9 Å². The zero-order valence-electron chi connectivity index (χ0n) is 6.44. The van der Waals surface area contributed by atoms with E-state index in [4.69, 9.17) is 10.2 Å². The summed E-state index contributed by atoms with van der Waals surface area (Å²) in [6.07, 6.45) is 3.02. The minimum absolute atomic E-state index is 0.0882. The molecule has 0 atom stereocenters. The average Bonchev–Trinajstić information content (AvgIpc) is 2.08. The molecule has 1 rings (SSSR count). The van der Waals surface area contributed by atoms with Gasteiger partial charge in [-0.15, -0.1) is 0 Å². The van der Waals surface area contributed by atoms with Gasteiger partial charge >= 0.3 is 0 Å². The lowest BCUT2D eigenvalue weighted by molar-refractivity contribution is 0.343. The molecule has 0 fully saturated rings. The van der Waals surface area contributed by atoms with Gasteiger partial charge in [0.2, 0.25) is 0 Å². The van der Waals surface area contributed by atoms with Gasteiger partial charge in [-0.25, -0.2) is 0 Å². The molecule has 3 N–H and O–H groups in total. The molecule has 3 nitrogen and oxygen atoms in total. The number of phenols is 2. The lowest BCUT2D eigenvalue weighted by Crippen LogP contribution is -1.76. The van der Waals surface area contributed by atoms with E-state index in [1.807, 2.05) is 0 Å². The number of benzene rings is 1. The molecule has 0 unspecified atom stereocenters. The largest absolute Gasteiger partial charge is 0.504 e. The highest BCUT2D eigenvalue weighted by Gasteiger charge is 2.00. The SMILES string of the molecule is OC/C=C/c1cccc(O)c1O. The summed E-state index contributed by atoms with van der Waals surface area (Å²) in [4.78, 5) is 0. The minimum Gasteiger partial charge on any atom is -0.504 e. The zero-order valence-corrected chi connectivity index (χ0v) is 6.44. The van der Waals surface area contributed by atoms with Crippen molar-refractivity contribution < 1.29 is 15.3 Å². The number of phenolic OH excluding ortho intramolecular Hbond substituents is 2. The van der Waals surface area contributed by atoms with Crippen LogP contribution in [-0.2, 0) is 0 Å². The van der Waals surface area contributed by atoms with E-state index in [0.29, 0.717) is 5.56 Å². The molecule has 0 amide bonds. The summed E-state index contributed by atoms with van der Waals surface area (Å²) < 4.78 is 0. The molecule has 0 aliphatic carbocycles. The topological polar surface area (TPSA) is 60.7 Å². The van der Waals surface area contributed by atoms with Crippen molar-refractivity contribution in [2.75, 3.05) is 6.61 Å². The first-order valence-corrected chi connectivity index (χ1v) is 3.54. The third-order valence-electron chi connectivity index (χ3n) is 1.45. The Bertz CT molecular complexity index is 292. The summed E-state index contributed by atoms with van der Waals surface area (Å²) in [5.41, 5.74) is 0.490. The van der Waals surface area contributed by atoms with Crippen LogP contribution < -0.4 is 0 Å². The molecular weight excluding hydrogens is 156 g/mol. The van der Waals surface area contributed by atoms with E-state index in [2.05, 4.69) is 0 Å². The van der Waals surface area contributed by atoms with Gasteiger partial charge in [-0.2, -0.15) is 0 Å². The second-order valence-corrected chi connectivity index (χ2v) is 2.30. The Balaban J connectivity index is 3.00. The van der Waals surface area contributed by atoms with Gasteiger partial charge in [-0.3, -0.25) is 0 Å². The van der Waals surface area contributed by atoms with Gasteiger partial charge < -0.3 is 15.3 Å². The van der Waals surface area contributed by atoms with Gasteiger partial charge in [0, 0.05) is 5.56 Å². The predicted molar refractivity (Wildman–Crippen MR) is 45.9 cm³/mol. The predicted octanol–water partition coefficient (Wildman–Crippen LogP) is 1.10. The van der Waals surface area contributed by atoms with Gasteiger partial charge in [0.25, 0.3) is 0 Å². The molecular formula is C9H10O3. The van der Waals surface area contributed by atoms with Crippen molar-refractivity contribution in [1.29, 1.82) is 0 Å². The maximum atomic E-state index is 9.24. The Morgan fingerprint density at radius 1 is 1.25 bits per heavy atom. The fraction of sp³-hybridized carbons (Fsp3) is 0.111. The highest BCUT2D eigenvalue weighted by atomic mass is 16.3. The van der Waals surface area contributed by atoms with Crippen LogP contribution in [0, 0.1) is 0 Å². The van der Waals surface area contributed by atoms with E-state index in [1.54, 1.807) is 12.1 Å². The summed E-state index contributed by atoms with van der Waals surface area (Å²) in [6, 6.07) is 4.65. The average molecular weight is 166 g/mol. The highest BCUT2D eigenvalue weighted by Crippen LogP contribution is 2.28. The molecule has 1 aromatic carbocycles. The summed E-state index contributed by atoms with van der Waals surface area (Å²) in [6.45, 7) is -0.0882. The van der Waals surface area contributed by atoms with Crippen molar-refractivity contribution in [3.05, 3.63) is 29.8 Å². The van der Waals surface area contributed by atoms with Gasteiger partial charge in [0.05, 0.1) is 6.61 Å². The number of para-hydroxylation sites is 1. The normalized spacial score (nSPS) is 10.8. The van der Waals surface area contributed by atoms with E-state index in [1.165, 1.54) is 18.2 Å². The van der Waals surface area contributed by atoms with Gasteiger partial charge in [-0.1, -0.05) is 24.3 Å². The first-order chi connectivity index (χ1) is 5.75. The quantitative estimate of drug-likeness (QED) is 0.576. The number of hydrogen-bond acceptors (Lipinski definition) is 3. The Kier molecular flexibility index (Phi) is 2.71.